The van der Waals surface area contributed by atoms with Gasteiger partial charge in [-0.1, -0.05) is 0 Å². The average molecular weight is 466 g/mol. The molecule has 2 fully saturated rings. The lowest BCUT2D eigenvalue weighted by Gasteiger charge is -2.29. The molecule has 2 aromatic heterocycles. The highest BCUT2D eigenvalue weighted by atomic mass is 32.2. The second-order valence-electron chi connectivity index (χ2n) is 7.57. The number of aryl methyl sites for hydroxylation is 1. The van der Waals surface area contributed by atoms with E-state index >= 15 is 0 Å². The number of nitrogens with zero attached hydrogens (tertiary/aromatic N) is 4. The predicted octanol–water partition coefficient (Wildman–Crippen LogP) is 4.28. The Morgan fingerprint density at radius 3 is 2.62 bits per heavy atom. The summed E-state index contributed by atoms with van der Waals surface area (Å²) in [5.74, 6) is -0.134. The van der Waals surface area contributed by atoms with Crippen LogP contribution in [0.25, 0.3) is 11.8 Å². The van der Waals surface area contributed by atoms with Crippen LogP contribution >= 0.6 is 23.1 Å². The van der Waals surface area contributed by atoms with Gasteiger partial charge in [0.15, 0.2) is 5.17 Å². The summed E-state index contributed by atoms with van der Waals surface area (Å²) in [5, 5.41) is 5.88. The van der Waals surface area contributed by atoms with Crippen molar-refractivity contribution in [3.63, 3.8) is 0 Å². The molecule has 7 nitrogen and oxygen atoms in total. The van der Waals surface area contributed by atoms with E-state index in [0.717, 1.165) is 48.9 Å². The first-order valence-electron chi connectivity index (χ1n) is 10.4. The predicted molar refractivity (Wildman–Crippen MR) is 131 cm³/mol. The minimum absolute atomic E-state index is 0.134. The van der Waals surface area contributed by atoms with Gasteiger partial charge in [0.25, 0.3) is 5.91 Å². The minimum atomic E-state index is -0.134. The zero-order chi connectivity index (χ0) is 22.1. The van der Waals surface area contributed by atoms with E-state index in [1.807, 2.05) is 11.5 Å². The lowest BCUT2D eigenvalue weighted by atomic mass is 10.2. The summed E-state index contributed by atoms with van der Waals surface area (Å²) in [6.45, 7) is 7.56. The van der Waals surface area contributed by atoms with E-state index in [4.69, 9.17) is 4.74 Å². The van der Waals surface area contributed by atoms with E-state index < -0.39 is 0 Å². The standard InChI is InChI=1S/C23H23N5O2S2/c1-15-13-17(14-20-21(29)25-23(32-20)26-22-24-7-12-31-22)16(2)28(15)19-5-3-18(4-6-19)27-8-10-30-11-9-27/h3-7,12-14H,8-11H2,1-2H3,(H,24,25,26,29)/b20-14-. The maximum absolute atomic E-state index is 12.5. The lowest BCUT2D eigenvalue weighted by Crippen LogP contribution is -2.36. The molecule has 5 rings (SSSR count). The Morgan fingerprint density at radius 1 is 1.16 bits per heavy atom. The molecule has 4 heterocycles. The number of hydrogen-bond acceptors (Lipinski definition) is 7. The number of carbonyl (C=O) groups is 1. The summed E-state index contributed by atoms with van der Waals surface area (Å²) in [6.07, 6.45) is 3.63. The highest BCUT2D eigenvalue weighted by Crippen LogP contribution is 2.31. The summed E-state index contributed by atoms with van der Waals surface area (Å²) in [4.78, 5) is 24.0. The van der Waals surface area contributed by atoms with E-state index in [9.17, 15) is 4.79 Å². The van der Waals surface area contributed by atoms with E-state index in [1.165, 1.54) is 28.8 Å². The van der Waals surface area contributed by atoms with Crippen LogP contribution in [0.5, 0.6) is 0 Å². The van der Waals surface area contributed by atoms with Crippen LogP contribution in [-0.4, -0.2) is 46.9 Å². The molecule has 9 heteroatoms. The maximum atomic E-state index is 12.5. The summed E-state index contributed by atoms with van der Waals surface area (Å²) < 4.78 is 7.67. The number of morpholine rings is 1. The smallest absolute Gasteiger partial charge is 0.264 e. The molecule has 0 radical (unpaired) electrons. The third kappa shape index (κ3) is 4.23. The molecular weight excluding hydrogens is 442 g/mol. The lowest BCUT2D eigenvalue weighted by molar-refractivity contribution is -0.115. The topological polar surface area (TPSA) is 71.8 Å². The zero-order valence-corrected chi connectivity index (χ0v) is 19.5. The van der Waals surface area contributed by atoms with Gasteiger partial charge in [-0.3, -0.25) is 4.79 Å². The zero-order valence-electron chi connectivity index (χ0n) is 17.9. The second kappa shape index (κ2) is 8.93. The summed E-state index contributed by atoms with van der Waals surface area (Å²) in [6, 6.07) is 10.7. The molecule has 0 atom stereocenters. The van der Waals surface area contributed by atoms with Crippen LogP contribution in [0, 0.1) is 13.8 Å². The molecule has 0 saturated carbocycles. The molecular formula is C23H23N5O2S2. The SMILES string of the molecule is Cc1cc(/C=C2\S/C(=N/c3nccs3)NC2=O)c(C)n1-c1ccc(N2CCOCC2)cc1. The van der Waals surface area contributed by atoms with Crippen LogP contribution in [0.1, 0.15) is 17.0 Å². The summed E-state index contributed by atoms with van der Waals surface area (Å²) >= 11 is 2.78. The van der Waals surface area contributed by atoms with Crippen LogP contribution < -0.4 is 10.2 Å². The van der Waals surface area contributed by atoms with Gasteiger partial charge in [0.2, 0.25) is 5.13 Å². The first-order valence-corrected chi connectivity index (χ1v) is 12.1. The number of hydrogen-bond donors (Lipinski definition) is 1. The van der Waals surface area contributed by atoms with Crippen LogP contribution in [0.2, 0.25) is 0 Å². The first kappa shape index (κ1) is 21.0. The molecule has 164 valence electrons. The number of thioether (sulfide) groups is 1. The summed E-state index contributed by atoms with van der Waals surface area (Å²) in [5.41, 5.74) is 5.55. The Hall–Kier alpha value is -2.88. The Balaban J connectivity index is 1.39. The number of rotatable bonds is 4. The molecule has 3 aromatic rings. The van der Waals surface area contributed by atoms with Crippen molar-refractivity contribution in [2.45, 2.75) is 13.8 Å². The number of ether oxygens (including phenoxy) is 1. The van der Waals surface area contributed by atoms with Gasteiger partial charge in [0.1, 0.15) is 0 Å². The van der Waals surface area contributed by atoms with E-state index in [0.29, 0.717) is 15.2 Å². The Bertz CT molecular complexity index is 1190. The van der Waals surface area contributed by atoms with Crippen LogP contribution in [0.4, 0.5) is 10.8 Å². The molecule has 0 bridgehead atoms. The third-order valence-corrected chi connectivity index (χ3v) is 7.08. The molecule has 0 spiro atoms. The van der Waals surface area contributed by atoms with Crippen molar-refractivity contribution in [2.75, 3.05) is 31.2 Å². The highest BCUT2D eigenvalue weighted by Gasteiger charge is 2.25. The Kier molecular flexibility index (Phi) is 5.86. The van der Waals surface area contributed by atoms with Crippen LogP contribution in [0.3, 0.4) is 0 Å². The number of aromatic nitrogens is 2. The van der Waals surface area contributed by atoms with Crippen LogP contribution in [0.15, 0.2) is 51.8 Å². The minimum Gasteiger partial charge on any atom is -0.378 e. The molecule has 0 unspecified atom stereocenters. The van der Waals surface area contributed by atoms with E-state index in [2.05, 4.69) is 68.9 Å². The highest BCUT2D eigenvalue weighted by molar-refractivity contribution is 8.18. The molecule has 0 aliphatic carbocycles. The number of nitrogens with one attached hydrogen (secondary N) is 1. The van der Waals surface area contributed by atoms with Gasteiger partial charge in [-0.25, -0.2) is 4.98 Å². The Morgan fingerprint density at radius 2 is 1.91 bits per heavy atom. The van der Waals surface area contributed by atoms with Crippen molar-refractivity contribution in [2.24, 2.45) is 4.99 Å². The molecule has 32 heavy (non-hydrogen) atoms. The van der Waals surface area contributed by atoms with Gasteiger partial charge < -0.3 is 19.5 Å². The normalized spacial score (nSPS) is 19.2. The fraction of sp³-hybridized carbons (Fsp3) is 0.261. The number of carbonyl (C=O) groups excluding carboxylic acids is 1. The monoisotopic (exact) mass is 465 g/mol. The van der Waals surface area contributed by atoms with Crippen molar-refractivity contribution < 1.29 is 9.53 Å². The van der Waals surface area contributed by atoms with Gasteiger partial charge in [0.05, 0.1) is 18.1 Å². The number of aliphatic imine (C=N–C) groups is 1. The first-order chi connectivity index (χ1) is 15.6. The van der Waals surface area contributed by atoms with Gasteiger partial charge in [-0.2, -0.15) is 4.99 Å². The van der Waals surface area contributed by atoms with Gasteiger partial charge in [-0.15, -0.1) is 11.3 Å². The molecule has 2 saturated heterocycles. The third-order valence-electron chi connectivity index (χ3n) is 5.51. The van der Waals surface area contributed by atoms with E-state index in [-0.39, 0.29) is 5.91 Å². The van der Waals surface area contributed by atoms with Gasteiger partial charge >= 0.3 is 0 Å². The number of thiazole rings is 1. The van der Waals surface area contributed by atoms with E-state index in [1.54, 1.807) is 6.20 Å². The molecule has 2 aliphatic rings. The number of benzene rings is 1. The second-order valence-corrected chi connectivity index (χ2v) is 9.48. The molecule has 2 aliphatic heterocycles. The summed E-state index contributed by atoms with van der Waals surface area (Å²) in [7, 11) is 0. The van der Waals surface area contributed by atoms with Crippen molar-refractivity contribution >= 4 is 51.1 Å². The average Bonchev–Trinajstić information content (AvgIpc) is 3.50. The largest absolute Gasteiger partial charge is 0.378 e. The fourth-order valence-electron chi connectivity index (χ4n) is 3.94. The number of anilines is 1. The van der Waals surface area contributed by atoms with Crippen molar-refractivity contribution in [1.29, 1.82) is 0 Å². The fourth-order valence-corrected chi connectivity index (χ4v) is 5.33. The number of amides is 1. The molecule has 1 amide bonds. The van der Waals surface area contributed by atoms with Crippen LogP contribution in [-0.2, 0) is 9.53 Å². The molecule has 1 aromatic carbocycles. The van der Waals surface area contributed by atoms with Gasteiger partial charge in [-0.05, 0) is 67.6 Å². The number of amidine groups is 1. The quantitative estimate of drug-likeness (QED) is 0.583. The molecule has 1 N–H and O–H groups in total. The Labute approximate surface area is 194 Å². The van der Waals surface area contributed by atoms with Crippen molar-refractivity contribution in [3.05, 3.63) is 63.8 Å². The van der Waals surface area contributed by atoms with Crippen molar-refractivity contribution in [3.8, 4) is 5.69 Å². The van der Waals surface area contributed by atoms with Crippen molar-refractivity contribution in [1.82, 2.24) is 14.9 Å². The maximum Gasteiger partial charge on any atom is 0.264 e. The van der Waals surface area contributed by atoms with Gasteiger partial charge in [0, 0.05) is 47.4 Å².